The molecule has 0 unspecified atom stereocenters. The van der Waals surface area contributed by atoms with Crippen LogP contribution < -0.4 is 0 Å². The van der Waals surface area contributed by atoms with Gasteiger partial charge in [0.2, 0.25) is 0 Å². The molecule has 0 aliphatic rings. The molecule has 76 valence electrons. The molecular formula is C7H3Cl3O3S. The minimum absolute atomic E-state index is 0.0234. The second-order valence-corrected chi connectivity index (χ2v) is 5.62. The summed E-state index contributed by atoms with van der Waals surface area (Å²) in [6.07, 6.45) is 0.421. The van der Waals surface area contributed by atoms with Gasteiger partial charge in [-0.25, -0.2) is 8.42 Å². The van der Waals surface area contributed by atoms with Crippen molar-refractivity contribution in [3.8, 4) is 0 Å². The van der Waals surface area contributed by atoms with E-state index in [1.165, 1.54) is 12.1 Å². The molecule has 0 fully saturated rings. The molecule has 0 radical (unpaired) electrons. The van der Waals surface area contributed by atoms with Crippen molar-refractivity contribution in [2.24, 2.45) is 0 Å². The standard InChI is InChI=1S/C7H3Cl3O3S/c8-5-2-1-4(3-11)6(9)7(5)14(10,12)13/h1-3H. The summed E-state index contributed by atoms with van der Waals surface area (Å²) in [7, 11) is 1.04. The molecule has 0 aliphatic heterocycles. The summed E-state index contributed by atoms with van der Waals surface area (Å²) < 4.78 is 22.0. The molecule has 3 nitrogen and oxygen atoms in total. The summed E-state index contributed by atoms with van der Waals surface area (Å²) in [6, 6.07) is 2.55. The zero-order chi connectivity index (χ0) is 10.9. The maximum atomic E-state index is 11.0. The van der Waals surface area contributed by atoms with Crippen LogP contribution in [0.3, 0.4) is 0 Å². The predicted octanol–water partition coefficient (Wildman–Crippen LogP) is 2.73. The molecule has 0 amide bonds. The van der Waals surface area contributed by atoms with Gasteiger partial charge in [-0.15, -0.1) is 0 Å². The van der Waals surface area contributed by atoms with Crippen LogP contribution >= 0.6 is 33.9 Å². The van der Waals surface area contributed by atoms with Crippen molar-refractivity contribution in [2.45, 2.75) is 4.90 Å². The number of halogens is 3. The largest absolute Gasteiger partial charge is 0.298 e. The molecule has 0 N–H and O–H groups in total. The first-order valence-corrected chi connectivity index (χ1v) is 6.32. The number of hydrogen-bond donors (Lipinski definition) is 0. The monoisotopic (exact) mass is 272 g/mol. The number of aldehydes is 1. The normalized spacial score (nSPS) is 11.4. The van der Waals surface area contributed by atoms with Crippen molar-refractivity contribution in [1.82, 2.24) is 0 Å². The third-order valence-corrected chi connectivity index (χ3v) is 3.77. The van der Waals surface area contributed by atoms with E-state index in [1.807, 2.05) is 0 Å². The SMILES string of the molecule is O=Cc1ccc(Cl)c(S(=O)(=O)Cl)c1Cl. The second-order valence-electron chi connectivity index (χ2n) is 2.34. The van der Waals surface area contributed by atoms with Crippen LogP contribution in [0.5, 0.6) is 0 Å². The van der Waals surface area contributed by atoms with Gasteiger partial charge < -0.3 is 0 Å². The molecule has 0 heterocycles. The highest BCUT2D eigenvalue weighted by atomic mass is 35.7. The summed E-state index contributed by atoms with van der Waals surface area (Å²) in [5.74, 6) is 0. The molecule has 7 heteroatoms. The van der Waals surface area contributed by atoms with Crippen molar-refractivity contribution in [1.29, 1.82) is 0 Å². The highest BCUT2D eigenvalue weighted by Gasteiger charge is 2.21. The number of carbonyl (C=O) groups excluding carboxylic acids is 1. The molecule has 14 heavy (non-hydrogen) atoms. The van der Waals surface area contributed by atoms with Crippen LogP contribution in [0.1, 0.15) is 10.4 Å². The first-order valence-electron chi connectivity index (χ1n) is 3.25. The van der Waals surface area contributed by atoms with Crippen molar-refractivity contribution in [3.63, 3.8) is 0 Å². The van der Waals surface area contributed by atoms with E-state index in [9.17, 15) is 13.2 Å². The maximum Gasteiger partial charge on any atom is 0.264 e. The van der Waals surface area contributed by atoms with E-state index in [1.54, 1.807) is 0 Å². The quantitative estimate of drug-likeness (QED) is 0.615. The zero-order valence-corrected chi connectivity index (χ0v) is 9.58. The lowest BCUT2D eigenvalue weighted by molar-refractivity contribution is 0.112. The van der Waals surface area contributed by atoms with Gasteiger partial charge in [-0.2, -0.15) is 0 Å². The first kappa shape index (κ1) is 11.8. The van der Waals surface area contributed by atoms with E-state index < -0.39 is 13.9 Å². The minimum Gasteiger partial charge on any atom is -0.298 e. The first-order chi connectivity index (χ1) is 6.38. The van der Waals surface area contributed by atoms with Gasteiger partial charge in [0.05, 0.1) is 10.0 Å². The van der Waals surface area contributed by atoms with Crippen molar-refractivity contribution in [3.05, 3.63) is 27.7 Å². The lowest BCUT2D eigenvalue weighted by atomic mass is 10.2. The Balaban J connectivity index is 3.65. The van der Waals surface area contributed by atoms with Gasteiger partial charge in [0.15, 0.2) is 6.29 Å². The van der Waals surface area contributed by atoms with E-state index in [-0.39, 0.29) is 15.6 Å². The molecule has 0 bridgehead atoms. The lowest BCUT2D eigenvalue weighted by Crippen LogP contribution is -1.96. The fourth-order valence-electron chi connectivity index (χ4n) is 0.862. The van der Waals surface area contributed by atoms with Crippen LogP contribution in [0.2, 0.25) is 10.0 Å². The summed E-state index contributed by atoms with van der Waals surface area (Å²) in [5, 5.41) is -0.377. The number of benzene rings is 1. The van der Waals surface area contributed by atoms with E-state index >= 15 is 0 Å². The van der Waals surface area contributed by atoms with Crippen LogP contribution in [-0.4, -0.2) is 14.7 Å². The Morgan fingerprint density at radius 3 is 2.21 bits per heavy atom. The summed E-state index contributed by atoms with van der Waals surface area (Å²) >= 11 is 11.2. The third-order valence-electron chi connectivity index (χ3n) is 1.45. The maximum absolute atomic E-state index is 11.0. The van der Waals surface area contributed by atoms with Crippen LogP contribution in [0.4, 0.5) is 0 Å². The Morgan fingerprint density at radius 2 is 1.79 bits per heavy atom. The van der Waals surface area contributed by atoms with E-state index in [4.69, 9.17) is 33.9 Å². The second kappa shape index (κ2) is 4.06. The van der Waals surface area contributed by atoms with Crippen molar-refractivity contribution >= 4 is 49.2 Å². The molecule has 0 aromatic heterocycles. The van der Waals surface area contributed by atoms with E-state index in [0.717, 1.165) is 0 Å². The molecule has 1 aromatic carbocycles. The highest BCUT2D eigenvalue weighted by molar-refractivity contribution is 8.14. The van der Waals surface area contributed by atoms with E-state index in [2.05, 4.69) is 0 Å². The fourth-order valence-corrected chi connectivity index (χ4v) is 3.24. The molecule has 0 atom stereocenters. The Morgan fingerprint density at radius 1 is 1.21 bits per heavy atom. The van der Waals surface area contributed by atoms with Crippen LogP contribution in [-0.2, 0) is 9.05 Å². The molecule has 1 rings (SSSR count). The van der Waals surface area contributed by atoms with Gasteiger partial charge in [0, 0.05) is 16.2 Å². The zero-order valence-electron chi connectivity index (χ0n) is 6.50. The van der Waals surface area contributed by atoms with Gasteiger partial charge in [0.1, 0.15) is 4.90 Å². The van der Waals surface area contributed by atoms with Gasteiger partial charge in [-0.05, 0) is 12.1 Å². The average molecular weight is 274 g/mol. The average Bonchev–Trinajstić information content (AvgIpc) is 2.02. The summed E-state index contributed by atoms with van der Waals surface area (Å²) in [6.45, 7) is 0. The Bertz CT molecular complexity index is 481. The van der Waals surface area contributed by atoms with Gasteiger partial charge in [0.25, 0.3) is 9.05 Å². The van der Waals surface area contributed by atoms with Crippen LogP contribution in [0.15, 0.2) is 17.0 Å². The molecule has 0 saturated carbocycles. The topological polar surface area (TPSA) is 51.2 Å². The van der Waals surface area contributed by atoms with Gasteiger partial charge in [-0.3, -0.25) is 4.79 Å². The lowest BCUT2D eigenvalue weighted by Gasteiger charge is -2.04. The van der Waals surface area contributed by atoms with Gasteiger partial charge >= 0.3 is 0 Å². The number of carbonyl (C=O) groups is 1. The summed E-state index contributed by atoms with van der Waals surface area (Å²) in [5.41, 5.74) is 0.0234. The Labute approximate surface area is 95.0 Å². The van der Waals surface area contributed by atoms with Crippen molar-refractivity contribution < 1.29 is 13.2 Å². The van der Waals surface area contributed by atoms with Crippen LogP contribution in [0, 0.1) is 0 Å². The van der Waals surface area contributed by atoms with Gasteiger partial charge in [-0.1, -0.05) is 23.2 Å². The van der Waals surface area contributed by atoms with E-state index in [0.29, 0.717) is 6.29 Å². The number of rotatable bonds is 2. The Hall–Kier alpha value is -0.290. The number of hydrogen-bond acceptors (Lipinski definition) is 3. The Kier molecular flexibility index (Phi) is 3.42. The molecule has 0 aliphatic carbocycles. The van der Waals surface area contributed by atoms with Crippen LogP contribution in [0.25, 0.3) is 0 Å². The highest BCUT2D eigenvalue weighted by Crippen LogP contribution is 2.33. The molecule has 0 spiro atoms. The smallest absolute Gasteiger partial charge is 0.264 e. The third kappa shape index (κ3) is 2.20. The predicted molar refractivity (Wildman–Crippen MR) is 54.9 cm³/mol. The fraction of sp³-hybridized carbons (Fsp3) is 0. The molecular weight excluding hydrogens is 270 g/mol. The minimum atomic E-state index is -4.05. The molecule has 0 saturated heterocycles. The summed E-state index contributed by atoms with van der Waals surface area (Å²) in [4.78, 5) is 10.0. The van der Waals surface area contributed by atoms with Crippen molar-refractivity contribution in [2.75, 3.05) is 0 Å². The molecule has 1 aromatic rings.